The van der Waals surface area contributed by atoms with E-state index in [1.807, 2.05) is 24.3 Å². The molecule has 0 amide bonds. The van der Waals surface area contributed by atoms with Crippen LogP contribution >= 0.6 is 23.7 Å². The fourth-order valence-electron chi connectivity index (χ4n) is 4.50. The smallest absolute Gasteiger partial charge is 0.349 e. The van der Waals surface area contributed by atoms with Crippen LogP contribution in [0.3, 0.4) is 0 Å². The number of hydrogen-bond acceptors (Lipinski definition) is 6. The summed E-state index contributed by atoms with van der Waals surface area (Å²) in [6.45, 7) is 5.63. The van der Waals surface area contributed by atoms with Crippen LogP contribution in [0.25, 0.3) is 27.0 Å². The van der Waals surface area contributed by atoms with Crippen molar-refractivity contribution in [1.82, 2.24) is 9.47 Å². The Morgan fingerprint density at radius 2 is 1.65 bits per heavy atom. The van der Waals surface area contributed by atoms with Gasteiger partial charge in [0.25, 0.3) is 5.56 Å². The Morgan fingerprint density at radius 3 is 2.30 bits per heavy atom. The zero-order valence-electron chi connectivity index (χ0n) is 20.4. The first-order valence-electron chi connectivity index (χ1n) is 11.7. The van der Waals surface area contributed by atoms with E-state index >= 15 is 0 Å². The number of benzene rings is 2. The minimum Gasteiger partial charge on any atom is -0.462 e. The Bertz CT molecular complexity index is 1500. The number of ether oxygens (including phenoxy) is 1. The molecule has 1 saturated heterocycles. The van der Waals surface area contributed by atoms with Gasteiger partial charge >= 0.3 is 5.97 Å². The number of halogens is 3. The summed E-state index contributed by atoms with van der Waals surface area (Å²) in [5.74, 6) is -2.14. The van der Waals surface area contributed by atoms with E-state index < -0.39 is 17.6 Å². The van der Waals surface area contributed by atoms with Crippen LogP contribution in [0, 0.1) is 11.6 Å². The summed E-state index contributed by atoms with van der Waals surface area (Å²) < 4.78 is 35.2. The highest BCUT2D eigenvalue weighted by molar-refractivity contribution is 7.21. The fourth-order valence-corrected chi connectivity index (χ4v) is 5.73. The highest BCUT2D eigenvalue weighted by Gasteiger charge is 2.25. The second-order valence-electron chi connectivity index (χ2n) is 8.68. The number of pyridine rings is 1. The lowest BCUT2D eigenvalue weighted by Crippen LogP contribution is -2.44. The molecular weight excluding hydrogens is 520 g/mol. The van der Waals surface area contributed by atoms with Crippen LogP contribution < -0.4 is 10.5 Å². The predicted molar refractivity (Wildman–Crippen MR) is 146 cm³/mol. The number of hydrogen-bond donors (Lipinski definition) is 0. The first-order chi connectivity index (χ1) is 17.4. The van der Waals surface area contributed by atoms with Crippen LogP contribution in [-0.2, 0) is 4.74 Å². The van der Waals surface area contributed by atoms with Crippen molar-refractivity contribution in [3.8, 4) is 16.8 Å². The molecule has 5 rings (SSSR count). The maximum absolute atomic E-state index is 14.9. The molecule has 0 radical (unpaired) electrons. The molecule has 37 heavy (non-hydrogen) atoms. The van der Waals surface area contributed by atoms with Crippen LogP contribution in [0.2, 0.25) is 0 Å². The molecule has 1 fully saturated rings. The summed E-state index contributed by atoms with van der Waals surface area (Å²) in [7, 11) is 2.10. The van der Waals surface area contributed by atoms with Crippen LogP contribution in [-0.4, -0.2) is 55.3 Å². The van der Waals surface area contributed by atoms with Crippen molar-refractivity contribution in [1.29, 1.82) is 0 Å². The number of thiophene rings is 1. The van der Waals surface area contributed by atoms with E-state index in [0.717, 1.165) is 55.3 Å². The zero-order chi connectivity index (χ0) is 25.4. The van der Waals surface area contributed by atoms with Gasteiger partial charge in [-0.15, -0.1) is 23.7 Å². The standard InChI is InChI=1S/C27H25F2N3O3S.ClH/c1-3-35-27(34)25-24(20-9-4-17(28)16-22(20)29)21-10-11-23(33)32(26(21)36-25)19-7-5-18(6-8-19)31-14-12-30(2)13-15-31;/h4-11,16H,3,12-15H2,1-2H3;1H. The Labute approximate surface area is 223 Å². The number of nitrogens with zero attached hydrogens (tertiary/aromatic N) is 3. The highest BCUT2D eigenvalue weighted by Crippen LogP contribution is 2.40. The number of piperazine rings is 1. The molecule has 2 aromatic carbocycles. The third-order valence-corrected chi connectivity index (χ3v) is 7.55. The largest absolute Gasteiger partial charge is 0.462 e. The molecule has 0 bridgehead atoms. The van der Waals surface area contributed by atoms with E-state index in [9.17, 15) is 18.4 Å². The lowest BCUT2D eigenvalue weighted by Gasteiger charge is -2.34. The summed E-state index contributed by atoms with van der Waals surface area (Å²) in [5, 5.41) is 0.510. The van der Waals surface area contributed by atoms with Gasteiger partial charge < -0.3 is 14.5 Å². The summed E-state index contributed by atoms with van der Waals surface area (Å²) in [5.41, 5.74) is 1.78. The van der Waals surface area contributed by atoms with Gasteiger partial charge in [-0.3, -0.25) is 9.36 Å². The topological polar surface area (TPSA) is 54.8 Å². The lowest BCUT2D eigenvalue weighted by atomic mass is 10.0. The molecule has 1 aliphatic heterocycles. The number of carbonyl (C=O) groups excluding carboxylic acids is 1. The average molecular weight is 546 g/mol. The predicted octanol–water partition coefficient (Wildman–Crippen LogP) is 5.35. The van der Waals surface area contributed by atoms with Crippen molar-refractivity contribution in [2.45, 2.75) is 6.92 Å². The Balaban J connectivity index is 0.00000320. The second kappa shape index (κ2) is 11.0. The fraction of sp³-hybridized carbons (Fsp3) is 0.259. The molecule has 6 nitrogen and oxygen atoms in total. The molecule has 1 aliphatic rings. The SMILES string of the molecule is CCOC(=O)c1sc2c(ccc(=O)n2-c2ccc(N3CCN(C)CC3)cc2)c1-c1ccc(F)cc1F.Cl. The van der Waals surface area contributed by atoms with Gasteiger partial charge in [0.1, 0.15) is 21.3 Å². The zero-order valence-corrected chi connectivity index (χ0v) is 22.0. The molecule has 4 aromatic rings. The van der Waals surface area contributed by atoms with Gasteiger partial charge in [0, 0.05) is 60.5 Å². The Hall–Kier alpha value is -3.27. The van der Waals surface area contributed by atoms with Gasteiger partial charge in [-0.05, 0) is 56.4 Å². The van der Waals surface area contributed by atoms with Gasteiger partial charge in [-0.2, -0.15) is 0 Å². The monoisotopic (exact) mass is 545 g/mol. The van der Waals surface area contributed by atoms with Crippen molar-refractivity contribution in [3.05, 3.63) is 81.5 Å². The normalized spacial score (nSPS) is 14.0. The summed E-state index contributed by atoms with van der Waals surface area (Å²) in [6.07, 6.45) is 0. The molecule has 0 spiro atoms. The summed E-state index contributed by atoms with van der Waals surface area (Å²) in [6, 6.07) is 13.9. The van der Waals surface area contributed by atoms with Crippen molar-refractivity contribution in [3.63, 3.8) is 0 Å². The highest BCUT2D eigenvalue weighted by atomic mass is 35.5. The van der Waals surface area contributed by atoms with E-state index in [4.69, 9.17) is 4.74 Å². The third-order valence-electron chi connectivity index (χ3n) is 6.38. The third kappa shape index (κ3) is 5.12. The lowest BCUT2D eigenvalue weighted by molar-refractivity contribution is 0.0533. The number of carbonyl (C=O) groups is 1. The molecule has 0 N–H and O–H groups in total. The second-order valence-corrected chi connectivity index (χ2v) is 9.68. The maximum atomic E-state index is 14.9. The van der Waals surface area contributed by atoms with Gasteiger partial charge in [-0.1, -0.05) is 0 Å². The maximum Gasteiger partial charge on any atom is 0.349 e. The Kier molecular flexibility index (Phi) is 7.96. The minimum atomic E-state index is -0.797. The Morgan fingerprint density at radius 1 is 0.973 bits per heavy atom. The van der Waals surface area contributed by atoms with Crippen molar-refractivity contribution >= 4 is 45.6 Å². The van der Waals surface area contributed by atoms with Crippen LogP contribution in [0.5, 0.6) is 0 Å². The van der Waals surface area contributed by atoms with Gasteiger partial charge in [0.2, 0.25) is 0 Å². The summed E-state index contributed by atoms with van der Waals surface area (Å²) >= 11 is 1.06. The molecule has 194 valence electrons. The van der Waals surface area contributed by atoms with E-state index in [0.29, 0.717) is 15.9 Å². The quantitative estimate of drug-likeness (QED) is 0.317. The first kappa shape index (κ1) is 26.8. The summed E-state index contributed by atoms with van der Waals surface area (Å²) in [4.78, 5) is 31.1. The van der Waals surface area contributed by atoms with Gasteiger partial charge in [-0.25, -0.2) is 13.6 Å². The van der Waals surface area contributed by atoms with Crippen molar-refractivity contribution in [2.75, 3.05) is 44.7 Å². The van der Waals surface area contributed by atoms with Crippen LogP contribution in [0.4, 0.5) is 14.5 Å². The van der Waals surface area contributed by atoms with Crippen molar-refractivity contribution < 1.29 is 18.3 Å². The van der Waals surface area contributed by atoms with Gasteiger partial charge in [0.05, 0.1) is 12.3 Å². The molecule has 0 aliphatic carbocycles. The molecule has 0 saturated carbocycles. The number of esters is 1. The molecule has 2 aromatic heterocycles. The van der Waals surface area contributed by atoms with E-state index in [2.05, 4.69) is 16.8 Å². The number of rotatable bonds is 5. The number of aromatic nitrogens is 1. The van der Waals surface area contributed by atoms with Crippen LogP contribution in [0.15, 0.2) is 59.4 Å². The number of anilines is 1. The first-order valence-corrected chi connectivity index (χ1v) is 12.5. The van der Waals surface area contributed by atoms with E-state index in [1.54, 1.807) is 13.0 Å². The molecule has 0 atom stereocenters. The van der Waals surface area contributed by atoms with Crippen molar-refractivity contribution in [2.24, 2.45) is 0 Å². The minimum absolute atomic E-state index is 0. The molecule has 3 heterocycles. The molecule has 10 heteroatoms. The number of fused-ring (bicyclic) bond motifs is 1. The number of likely N-dealkylation sites (N-methyl/N-ethyl adjacent to an activating group) is 1. The van der Waals surface area contributed by atoms with E-state index in [1.165, 1.54) is 16.7 Å². The molecular formula is C27H26ClF2N3O3S. The average Bonchev–Trinajstić information content (AvgIpc) is 3.24. The van der Waals surface area contributed by atoms with Crippen LogP contribution in [0.1, 0.15) is 16.6 Å². The van der Waals surface area contributed by atoms with Gasteiger partial charge in [0.15, 0.2) is 0 Å². The molecule has 0 unspecified atom stereocenters. The van der Waals surface area contributed by atoms with E-state index in [-0.39, 0.29) is 40.6 Å².